The Balaban J connectivity index is 2.26. The van der Waals surface area contributed by atoms with Crippen molar-refractivity contribution in [3.63, 3.8) is 0 Å². The van der Waals surface area contributed by atoms with Gasteiger partial charge in [-0.2, -0.15) is 0 Å². The Hall–Kier alpha value is -1.09. The number of imidazole rings is 1. The molecular weight excluding hydrogens is 239 g/mol. The molecule has 90 valence electrons. The summed E-state index contributed by atoms with van der Waals surface area (Å²) in [5, 5.41) is 0. The second kappa shape index (κ2) is 3.70. The number of halogens is 2. The minimum atomic E-state index is -0.202. The van der Waals surface area contributed by atoms with Crippen molar-refractivity contribution in [2.45, 2.75) is 32.2 Å². The second-order valence-electron chi connectivity index (χ2n) is 4.90. The number of aryl methyl sites for hydroxylation is 1. The Kier molecular flexibility index (Phi) is 2.40. The fourth-order valence-electron chi connectivity index (χ4n) is 2.40. The molecule has 1 aromatic heterocycles. The van der Waals surface area contributed by atoms with E-state index in [4.69, 9.17) is 11.6 Å². The molecule has 17 heavy (non-hydrogen) atoms. The molecule has 0 radical (unpaired) electrons. The van der Waals surface area contributed by atoms with Crippen molar-refractivity contribution in [2.75, 3.05) is 0 Å². The maximum absolute atomic E-state index is 13.5. The molecule has 2 unspecified atom stereocenters. The Morgan fingerprint density at radius 3 is 2.82 bits per heavy atom. The first-order valence-electron chi connectivity index (χ1n) is 5.84. The summed E-state index contributed by atoms with van der Waals surface area (Å²) in [5.74, 6) is 1.69. The number of alkyl halides is 1. The van der Waals surface area contributed by atoms with E-state index in [-0.39, 0.29) is 5.82 Å². The molecule has 4 heteroatoms. The van der Waals surface area contributed by atoms with Gasteiger partial charge in [0, 0.05) is 12.1 Å². The molecule has 0 bridgehead atoms. The summed E-state index contributed by atoms with van der Waals surface area (Å²) in [6.45, 7) is 3.99. The zero-order valence-corrected chi connectivity index (χ0v) is 10.6. The number of benzene rings is 1. The number of hydrogen-bond donors (Lipinski definition) is 0. The van der Waals surface area contributed by atoms with Crippen LogP contribution in [0.5, 0.6) is 0 Å². The van der Waals surface area contributed by atoms with Crippen molar-refractivity contribution in [3.05, 3.63) is 29.3 Å². The highest BCUT2D eigenvalue weighted by Crippen LogP contribution is 2.45. The van der Waals surface area contributed by atoms with Crippen LogP contribution in [0.2, 0.25) is 0 Å². The standard InChI is InChI=1S/C13H14ClFN2/c1-7-3-12-10(5-9(7)15)16-13(6-14)17(12)11-4-8(11)2/h3,5,8,11H,4,6H2,1-2H3. The molecule has 1 aromatic carbocycles. The first-order valence-corrected chi connectivity index (χ1v) is 6.38. The van der Waals surface area contributed by atoms with Gasteiger partial charge in [-0.05, 0) is 30.9 Å². The normalized spacial score (nSPS) is 23.3. The van der Waals surface area contributed by atoms with E-state index >= 15 is 0 Å². The van der Waals surface area contributed by atoms with Gasteiger partial charge in [0.25, 0.3) is 0 Å². The summed E-state index contributed by atoms with van der Waals surface area (Å²) in [6, 6.07) is 3.86. The lowest BCUT2D eigenvalue weighted by Gasteiger charge is -2.06. The molecule has 1 aliphatic carbocycles. The number of aromatic nitrogens is 2. The van der Waals surface area contributed by atoms with Gasteiger partial charge >= 0.3 is 0 Å². The third-order valence-corrected chi connectivity index (χ3v) is 3.80. The molecule has 2 atom stereocenters. The first kappa shape index (κ1) is 11.0. The SMILES string of the molecule is Cc1cc2c(cc1F)nc(CCl)n2C1CC1C. The molecule has 1 saturated carbocycles. The van der Waals surface area contributed by atoms with E-state index in [1.165, 1.54) is 6.07 Å². The van der Waals surface area contributed by atoms with Crippen molar-refractivity contribution < 1.29 is 4.39 Å². The van der Waals surface area contributed by atoms with E-state index in [1.807, 2.05) is 6.07 Å². The minimum absolute atomic E-state index is 0.202. The van der Waals surface area contributed by atoms with Crippen LogP contribution in [-0.2, 0) is 5.88 Å². The van der Waals surface area contributed by atoms with Crippen LogP contribution in [-0.4, -0.2) is 9.55 Å². The molecule has 1 heterocycles. The van der Waals surface area contributed by atoms with Gasteiger partial charge in [0.1, 0.15) is 11.6 Å². The Labute approximate surface area is 104 Å². The lowest BCUT2D eigenvalue weighted by atomic mass is 10.2. The molecular formula is C13H14ClFN2. The zero-order chi connectivity index (χ0) is 12.2. The molecule has 2 aromatic rings. The van der Waals surface area contributed by atoms with Crippen LogP contribution in [0.25, 0.3) is 11.0 Å². The largest absolute Gasteiger partial charge is 0.324 e. The average Bonchev–Trinajstić information content (AvgIpc) is 2.89. The number of rotatable bonds is 2. The summed E-state index contributed by atoms with van der Waals surface area (Å²) in [4.78, 5) is 4.42. The van der Waals surface area contributed by atoms with E-state index in [0.29, 0.717) is 28.9 Å². The van der Waals surface area contributed by atoms with Crippen LogP contribution in [0.4, 0.5) is 4.39 Å². The molecule has 0 saturated heterocycles. The van der Waals surface area contributed by atoms with Crippen LogP contribution < -0.4 is 0 Å². The summed E-state index contributed by atoms with van der Waals surface area (Å²) in [6.07, 6.45) is 1.16. The molecule has 1 fully saturated rings. The highest BCUT2D eigenvalue weighted by atomic mass is 35.5. The summed E-state index contributed by atoms with van der Waals surface area (Å²) in [5.41, 5.74) is 2.38. The van der Waals surface area contributed by atoms with Gasteiger partial charge in [-0.15, -0.1) is 11.6 Å². The number of hydrogen-bond acceptors (Lipinski definition) is 1. The number of nitrogens with zero attached hydrogens (tertiary/aromatic N) is 2. The Morgan fingerprint density at radius 1 is 1.53 bits per heavy atom. The van der Waals surface area contributed by atoms with Gasteiger partial charge in [0.2, 0.25) is 0 Å². The van der Waals surface area contributed by atoms with Crippen molar-refractivity contribution >= 4 is 22.6 Å². The summed E-state index contributed by atoms with van der Waals surface area (Å²) >= 11 is 5.93. The van der Waals surface area contributed by atoms with E-state index in [1.54, 1.807) is 6.92 Å². The number of fused-ring (bicyclic) bond motifs is 1. The van der Waals surface area contributed by atoms with Crippen LogP contribution in [0.1, 0.15) is 30.8 Å². The summed E-state index contributed by atoms with van der Waals surface area (Å²) < 4.78 is 15.7. The fourth-order valence-corrected chi connectivity index (χ4v) is 2.59. The lowest BCUT2D eigenvalue weighted by Crippen LogP contribution is -2.00. The monoisotopic (exact) mass is 252 g/mol. The quantitative estimate of drug-likeness (QED) is 0.744. The molecule has 0 spiro atoms. The zero-order valence-electron chi connectivity index (χ0n) is 9.87. The fraction of sp³-hybridized carbons (Fsp3) is 0.462. The lowest BCUT2D eigenvalue weighted by molar-refractivity contribution is 0.619. The van der Waals surface area contributed by atoms with E-state index < -0.39 is 0 Å². The van der Waals surface area contributed by atoms with Gasteiger partial charge in [0.05, 0.1) is 16.9 Å². The molecule has 2 nitrogen and oxygen atoms in total. The summed E-state index contributed by atoms with van der Waals surface area (Å²) in [7, 11) is 0. The maximum atomic E-state index is 13.5. The van der Waals surface area contributed by atoms with Crippen LogP contribution in [0.3, 0.4) is 0 Å². The predicted molar refractivity (Wildman–Crippen MR) is 66.8 cm³/mol. The highest BCUT2D eigenvalue weighted by Gasteiger charge is 2.36. The first-order chi connectivity index (χ1) is 8.11. The second-order valence-corrected chi connectivity index (χ2v) is 5.17. The maximum Gasteiger partial charge on any atom is 0.128 e. The topological polar surface area (TPSA) is 17.8 Å². The van der Waals surface area contributed by atoms with Crippen molar-refractivity contribution in [3.8, 4) is 0 Å². The third kappa shape index (κ3) is 1.64. The smallest absolute Gasteiger partial charge is 0.128 e. The van der Waals surface area contributed by atoms with Crippen LogP contribution in [0.15, 0.2) is 12.1 Å². The molecule has 0 N–H and O–H groups in total. The van der Waals surface area contributed by atoms with Gasteiger partial charge in [-0.3, -0.25) is 0 Å². The average molecular weight is 253 g/mol. The van der Waals surface area contributed by atoms with Crippen molar-refractivity contribution in [1.29, 1.82) is 0 Å². The van der Waals surface area contributed by atoms with Crippen LogP contribution >= 0.6 is 11.6 Å². The van der Waals surface area contributed by atoms with Crippen LogP contribution in [0, 0.1) is 18.7 Å². The van der Waals surface area contributed by atoms with Crippen molar-refractivity contribution in [1.82, 2.24) is 9.55 Å². The molecule has 3 rings (SSSR count). The highest BCUT2D eigenvalue weighted by molar-refractivity contribution is 6.16. The van der Waals surface area contributed by atoms with Gasteiger partial charge in [-0.1, -0.05) is 6.92 Å². The Bertz CT molecular complexity index is 591. The van der Waals surface area contributed by atoms with Gasteiger partial charge < -0.3 is 4.57 Å². The van der Waals surface area contributed by atoms with E-state index in [2.05, 4.69) is 16.5 Å². The van der Waals surface area contributed by atoms with Gasteiger partial charge in [0.15, 0.2) is 0 Å². The van der Waals surface area contributed by atoms with E-state index in [0.717, 1.165) is 17.8 Å². The predicted octanol–water partition coefficient (Wildman–Crippen LogP) is 3.80. The Morgan fingerprint density at radius 2 is 2.24 bits per heavy atom. The molecule has 0 aliphatic heterocycles. The molecule has 0 amide bonds. The van der Waals surface area contributed by atoms with Gasteiger partial charge in [-0.25, -0.2) is 9.37 Å². The molecule has 1 aliphatic rings. The minimum Gasteiger partial charge on any atom is -0.324 e. The van der Waals surface area contributed by atoms with E-state index in [9.17, 15) is 4.39 Å². The van der Waals surface area contributed by atoms with Crippen molar-refractivity contribution in [2.24, 2.45) is 5.92 Å². The third-order valence-electron chi connectivity index (χ3n) is 3.56.